The highest BCUT2D eigenvalue weighted by molar-refractivity contribution is 7.13. The van der Waals surface area contributed by atoms with Crippen LogP contribution in [0.15, 0.2) is 54.0 Å². The van der Waals surface area contributed by atoms with E-state index in [0.29, 0.717) is 6.42 Å². The number of anilines is 3. The molecule has 1 saturated heterocycles. The van der Waals surface area contributed by atoms with Gasteiger partial charge in [0.05, 0.1) is 12.1 Å². The van der Waals surface area contributed by atoms with E-state index in [1.165, 1.54) is 17.0 Å². The summed E-state index contributed by atoms with van der Waals surface area (Å²) < 4.78 is 0. The van der Waals surface area contributed by atoms with Gasteiger partial charge in [-0.15, -0.1) is 11.3 Å². The third-order valence-electron chi connectivity index (χ3n) is 4.79. The molecule has 0 unspecified atom stereocenters. The summed E-state index contributed by atoms with van der Waals surface area (Å²) in [5, 5.41) is 5.91. The van der Waals surface area contributed by atoms with Crippen molar-refractivity contribution in [3.63, 3.8) is 0 Å². The fourth-order valence-electron chi connectivity index (χ4n) is 3.28. The van der Waals surface area contributed by atoms with E-state index in [9.17, 15) is 4.79 Å². The molecule has 1 N–H and O–H groups in total. The molecule has 0 aliphatic carbocycles. The molecule has 1 aromatic carbocycles. The number of aryl methyl sites for hydroxylation is 1. The number of hydrogen-bond donors (Lipinski definition) is 1. The van der Waals surface area contributed by atoms with E-state index in [0.717, 1.165) is 48.4 Å². The summed E-state index contributed by atoms with van der Waals surface area (Å²) in [6.07, 6.45) is 2.11. The minimum absolute atomic E-state index is 0.137. The molecule has 7 heteroatoms. The number of nitrogens with one attached hydrogen (secondary N) is 1. The molecule has 0 bridgehead atoms. The van der Waals surface area contributed by atoms with Gasteiger partial charge in [-0.1, -0.05) is 18.2 Å². The zero-order valence-corrected chi connectivity index (χ0v) is 16.7. The van der Waals surface area contributed by atoms with E-state index >= 15 is 0 Å². The van der Waals surface area contributed by atoms with Crippen LogP contribution in [0.2, 0.25) is 0 Å². The van der Waals surface area contributed by atoms with Gasteiger partial charge in [0.15, 0.2) is 5.13 Å². The molecule has 0 saturated carbocycles. The van der Waals surface area contributed by atoms with Crippen LogP contribution in [-0.4, -0.2) is 47.0 Å². The van der Waals surface area contributed by atoms with E-state index < -0.39 is 0 Å². The maximum atomic E-state index is 12.7. The van der Waals surface area contributed by atoms with Gasteiger partial charge < -0.3 is 15.1 Å². The topological polar surface area (TPSA) is 61.4 Å². The van der Waals surface area contributed by atoms with Gasteiger partial charge in [0.1, 0.15) is 5.82 Å². The zero-order chi connectivity index (χ0) is 19.3. The first-order valence-electron chi connectivity index (χ1n) is 9.39. The Labute approximate surface area is 168 Å². The monoisotopic (exact) mass is 393 g/mol. The van der Waals surface area contributed by atoms with E-state index in [-0.39, 0.29) is 5.91 Å². The van der Waals surface area contributed by atoms with Crippen molar-refractivity contribution in [1.29, 1.82) is 0 Å². The van der Waals surface area contributed by atoms with Crippen LogP contribution >= 0.6 is 11.3 Å². The Morgan fingerprint density at radius 2 is 1.93 bits per heavy atom. The fraction of sp³-hybridized carbons (Fsp3) is 0.286. The van der Waals surface area contributed by atoms with Crippen LogP contribution in [0.1, 0.15) is 11.3 Å². The Morgan fingerprint density at radius 3 is 2.68 bits per heavy atom. The lowest BCUT2D eigenvalue weighted by Crippen LogP contribution is -2.49. The van der Waals surface area contributed by atoms with Gasteiger partial charge in [0.2, 0.25) is 5.91 Å². The van der Waals surface area contributed by atoms with Crippen molar-refractivity contribution in [3.05, 3.63) is 65.3 Å². The van der Waals surface area contributed by atoms with Crippen molar-refractivity contribution in [1.82, 2.24) is 14.9 Å². The number of benzene rings is 1. The molecule has 1 aliphatic rings. The summed E-state index contributed by atoms with van der Waals surface area (Å²) in [6.45, 7) is 5.24. The van der Waals surface area contributed by atoms with Crippen LogP contribution in [0.25, 0.3) is 0 Å². The van der Waals surface area contributed by atoms with Gasteiger partial charge in [-0.3, -0.25) is 4.79 Å². The molecule has 0 spiro atoms. The average molecular weight is 394 g/mol. The molecule has 144 valence electrons. The van der Waals surface area contributed by atoms with Crippen molar-refractivity contribution < 1.29 is 4.79 Å². The lowest BCUT2D eigenvalue weighted by Gasteiger charge is -2.36. The molecular weight excluding hydrogens is 370 g/mol. The van der Waals surface area contributed by atoms with E-state index in [1.54, 1.807) is 6.20 Å². The number of para-hydroxylation sites is 1. The Hall–Kier alpha value is -2.93. The summed E-state index contributed by atoms with van der Waals surface area (Å²) >= 11 is 1.50. The van der Waals surface area contributed by atoms with Gasteiger partial charge in [-0.25, -0.2) is 9.97 Å². The van der Waals surface area contributed by atoms with E-state index in [4.69, 9.17) is 0 Å². The predicted molar refractivity (Wildman–Crippen MR) is 113 cm³/mol. The molecular formula is C21H23N5OS. The van der Waals surface area contributed by atoms with Crippen LogP contribution in [0, 0.1) is 6.92 Å². The van der Waals surface area contributed by atoms with Crippen LogP contribution < -0.4 is 10.2 Å². The Balaban J connectivity index is 1.30. The second-order valence-electron chi connectivity index (χ2n) is 6.87. The number of thiazole rings is 1. The fourth-order valence-corrected chi connectivity index (χ4v) is 4.00. The highest BCUT2D eigenvalue weighted by atomic mass is 32.1. The number of aromatic nitrogens is 2. The molecule has 3 aromatic rings. The number of nitrogens with zero attached hydrogens (tertiary/aromatic N) is 4. The highest BCUT2D eigenvalue weighted by Gasteiger charge is 2.22. The number of carbonyl (C=O) groups excluding carboxylic acids is 1. The predicted octanol–water partition coefficient (Wildman–Crippen LogP) is 3.48. The number of hydrogen-bond acceptors (Lipinski definition) is 6. The minimum atomic E-state index is 0.137. The minimum Gasteiger partial charge on any atom is -0.368 e. The first-order chi connectivity index (χ1) is 13.7. The standard InChI is InChI=1S/C21H23N5OS/c1-16-7-8-22-19(13-16)24-21-23-17(15-28-21)14-20(27)26-11-9-25(10-12-26)18-5-3-2-4-6-18/h2-8,13,15H,9-12,14H2,1H3,(H,22,23,24). The van der Waals surface area contributed by atoms with Crippen LogP contribution in [0.5, 0.6) is 0 Å². The number of piperazine rings is 1. The quantitative estimate of drug-likeness (QED) is 0.719. The van der Waals surface area contributed by atoms with Crippen molar-refractivity contribution in [2.24, 2.45) is 0 Å². The van der Waals surface area contributed by atoms with Gasteiger partial charge in [-0.2, -0.15) is 0 Å². The lowest BCUT2D eigenvalue weighted by molar-refractivity contribution is -0.130. The molecule has 3 heterocycles. The normalized spacial score (nSPS) is 14.2. The number of rotatable bonds is 5. The van der Waals surface area contributed by atoms with Crippen molar-refractivity contribution in [2.75, 3.05) is 36.4 Å². The number of amides is 1. The molecule has 1 aliphatic heterocycles. The summed E-state index contributed by atoms with van der Waals surface area (Å²) in [5.74, 6) is 0.905. The van der Waals surface area contributed by atoms with Crippen LogP contribution in [0.3, 0.4) is 0 Å². The smallest absolute Gasteiger partial charge is 0.228 e. The molecule has 28 heavy (non-hydrogen) atoms. The maximum absolute atomic E-state index is 12.7. The molecule has 0 radical (unpaired) electrons. The van der Waals surface area contributed by atoms with Crippen LogP contribution in [-0.2, 0) is 11.2 Å². The average Bonchev–Trinajstić information content (AvgIpc) is 3.15. The van der Waals surface area contributed by atoms with E-state index in [2.05, 4.69) is 32.3 Å². The molecule has 2 aromatic heterocycles. The Bertz CT molecular complexity index is 935. The van der Waals surface area contributed by atoms with Gasteiger partial charge in [-0.05, 0) is 36.8 Å². The summed E-state index contributed by atoms with van der Waals surface area (Å²) in [5.41, 5.74) is 3.16. The largest absolute Gasteiger partial charge is 0.368 e. The molecule has 4 rings (SSSR count). The summed E-state index contributed by atoms with van der Waals surface area (Å²) in [4.78, 5) is 25.8. The van der Waals surface area contributed by atoms with Crippen LogP contribution in [0.4, 0.5) is 16.6 Å². The first-order valence-corrected chi connectivity index (χ1v) is 10.3. The second kappa shape index (κ2) is 8.39. The maximum Gasteiger partial charge on any atom is 0.228 e. The number of carbonyl (C=O) groups is 1. The first kappa shape index (κ1) is 18.4. The van der Waals surface area contributed by atoms with Crippen molar-refractivity contribution >= 4 is 33.9 Å². The van der Waals surface area contributed by atoms with Gasteiger partial charge in [0, 0.05) is 43.4 Å². The van der Waals surface area contributed by atoms with Crippen molar-refractivity contribution in [3.8, 4) is 0 Å². The van der Waals surface area contributed by atoms with Crippen molar-refractivity contribution in [2.45, 2.75) is 13.3 Å². The zero-order valence-electron chi connectivity index (χ0n) is 15.8. The summed E-state index contributed by atoms with van der Waals surface area (Å²) in [6, 6.07) is 14.3. The van der Waals surface area contributed by atoms with E-state index in [1.807, 2.05) is 47.5 Å². The molecule has 0 atom stereocenters. The third kappa shape index (κ3) is 4.48. The second-order valence-corrected chi connectivity index (χ2v) is 7.73. The third-order valence-corrected chi connectivity index (χ3v) is 5.59. The van der Waals surface area contributed by atoms with Gasteiger partial charge >= 0.3 is 0 Å². The lowest BCUT2D eigenvalue weighted by atomic mass is 10.2. The number of pyridine rings is 1. The SMILES string of the molecule is Cc1ccnc(Nc2nc(CC(=O)N3CCN(c4ccccc4)CC3)cs2)c1. The molecule has 6 nitrogen and oxygen atoms in total. The molecule has 1 fully saturated rings. The molecule has 1 amide bonds. The Kier molecular flexibility index (Phi) is 5.53. The summed E-state index contributed by atoms with van der Waals surface area (Å²) in [7, 11) is 0. The van der Waals surface area contributed by atoms with Gasteiger partial charge in [0.25, 0.3) is 0 Å². The highest BCUT2D eigenvalue weighted by Crippen LogP contribution is 2.21. The Morgan fingerprint density at radius 1 is 1.14 bits per heavy atom.